The van der Waals surface area contributed by atoms with E-state index in [0.717, 1.165) is 19.6 Å². The van der Waals surface area contributed by atoms with E-state index in [9.17, 15) is 0 Å². The minimum absolute atomic E-state index is 0.508. The number of hydrogen-bond donors (Lipinski definition) is 6. The van der Waals surface area contributed by atoms with E-state index in [1.165, 1.54) is 0 Å². The minimum Gasteiger partial charge on any atom is -0.401 e. The second-order valence-corrected chi connectivity index (χ2v) is 2.63. The highest BCUT2D eigenvalue weighted by Gasteiger charge is 2.06. The Morgan fingerprint density at radius 1 is 1.00 bits per heavy atom. The number of hydroxylamine groups is 1. The molecule has 0 aromatic rings. The Labute approximate surface area is 84.1 Å². The molecular weight excluding hydrogens is 187 g/mol. The van der Waals surface area contributed by atoms with Crippen LogP contribution in [0.3, 0.4) is 0 Å². The summed E-state index contributed by atoms with van der Waals surface area (Å²) < 4.78 is 4.28. The maximum absolute atomic E-state index is 8.28. The van der Waals surface area contributed by atoms with Crippen molar-refractivity contribution in [3.63, 3.8) is 0 Å². The maximum Gasteiger partial charge on any atom is 0.651 e. The highest BCUT2D eigenvalue weighted by atomic mass is 16.7. The molecule has 0 aromatic heterocycles. The molecule has 0 fully saturated rings. The van der Waals surface area contributed by atoms with Gasteiger partial charge in [-0.3, -0.25) is 0 Å². The highest BCUT2D eigenvalue weighted by Crippen LogP contribution is 1.67. The molecule has 8 heteroatoms. The molecule has 0 aliphatic carbocycles. The number of nitrogens with one attached hydrogen (secondary N) is 3. The Morgan fingerprint density at radius 3 is 2.14 bits per heavy atom. The van der Waals surface area contributed by atoms with Gasteiger partial charge in [0.15, 0.2) is 0 Å². The van der Waals surface area contributed by atoms with Crippen LogP contribution in [0, 0.1) is 0 Å². The van der Waals surface area contributed by atoms with Crippen molar-refractivity contribution in [2.75, 3.05) is 39.3 Å². The normalized spacial score (nSPS) is 10.5. The van der Waals surface area contributed by atoms with Crippen molar-refractivity contribution in [3.05, 3.63) is 0 Å². The summed E-state index contributed by atoms with van der Waals surface area (Å²) >= 11 is 0. The van der Waals surface area contributed by atoms with Gasteiger partial charge in [-0.25, -0.2) is 5.48 Å². The van der Waals surface area contributed by atoms with Gasteiger partial charge in [-0.05, 0) is 0 Å². The third-order valence-electron chi connectivity index (χ3n) is 1.39. The molecule has 0 radical (unpaired) electrons. The first-order chi connectivity index (χ1) is 6.77. The van der Waals surface area contributed by atoms with Crippen LogP contribution in [0.2, 0.25) is 0 Å². The van der Waals surface area contributed by atoms with Gasteiger partial charge in [-0.15, -0.1) is 0 Å². The van der Waals surface area contributed by atoms with Crippen LogP contribution in [0.4, 0.5) is 0 Å². The predicted octanol–water partition coefficient (Wildman–Crippen LogP) is -3.38. The molecule has 0 amide bonds. The fraction of sp³-hybridized carbons (Fsp3) is 1.00. The summed E-state index contributed by atoms with van der Waals surface area (Å²) in [5.74, 6) is 0. The lowest BCUT2D eigenvalue weighted by molar-refractivity contribution is 0.110. The third-order valence-corrected chi connectivity index (χ3v) is 1.39. The summed E-state index contributed by atoms with van der Waals surface area (Å²) in [6.45, 7) is 4.36. The van der Waals surface area contributed by atoms with Crippen molar-refractivity contribution < 1.29 is 14.8 Å². The molecule has 0 atom stereocenters. The zero-order valence-electron chi connectivity index (χ0n) is 8.20. The average molecular weight is 206 g/mol. The third kappa shape index (κ3) is 11.8. The van der Waals surface area contributed by atoms with Gasteiger partial charge in [0, 0.05) is 39.3 Å². The smallest absolute Gasteiger partial charge is 0.401 e. The van der Waals surface area contributed by atoms with E-state index in [2.05, 4.69) is 20.9 Å². The van der Waals surface area contributed by atoms with E-state index in [4.69, 9.17) is 15.8 Å². The van der Waals surface area contributed by atoms with Crippen LogP contribution in [0.5, 0.6) is 0 Å². The summed E-state index contributed by atoms with van der Waals surface area (Å²) in [5, 5.41) is 22.8. The zero-order chi connectivity index (χ0) is 10.6. The standard InChI is InChI=1S/C6H19BN4O3/c8-1-2-9-3-4-10-5-6-11-14-7(12)13/h9-13H,1-6,8H2. The summed E-state index contributed by atoms with van der Waals surface area (Å²) in [4.78, 5) is 0. The van der Waals surface area contributed by atoms with Crippen molar-refractivity contribution in [2.45, 2.75) is 0 Å². The average Bonchev–Trinajstić information content (AvgIpc) is 2.15. The van der Waals surface area contributed by atoms with Gasteiger partial charge in [0.2, 0.25) is 0 Å². The molecule has 7 N–H and O–H groups in total. The first kappa shape index (κ1) is 13.8. The fourth-order valence-corrected chi connectivity index (χ4v) is 0.802. The van der Waals surface area contributed by atoms with Crippen molar-refractivity contribution >= 4 is 7.32 Å². The minimum atomic E-state index is -1.76. The quantitative estimate of drug-likeness (QED) is 0.125. The summed E-state index contributed by atoms with van der Waals surface area (Å²) in [6.07, 6.45) is 0. The molecule has 0 saturated carbocycles. The molecule has 0 bridgehead atoms. The van der Waals surface area contributed by atoms with Gasteiger partial charge in [0.1, 0.15) is 0 Å². The molecule has 0 unspecified atom stereocenters. The first-order valence-corrected chi connectivity index (χ1v) is 4.63. The lowest BCUT2D eigenvalue weighted by Crippen LogP contribution is -2.36. The first-order valence-electron chi connectivity index (χ1n) is 4.63. The number of rotatable bonds is 10. The molecule has 84 valence electrons. The lowest BCUT2D eigenvalue weighted by Gasteiger charge is -2.06. The Hall–Kier alpha value is -0.215. The zero-order valence-corrected chi connectivity index (χ0v) is 8.20. The molecule has 0 saturated heterocycles. The summed E-state index contributed by atoms with van der Waals surface area (Å²) in [6, 6.07) is 0. The molecule has 0 aromatic carbocycles. The van der Waals surface area contributed by atoms with Gasteiger partial charge in [-0.1, -0.05) is 0 Å². The molecule has 0 rings (SSSR count). The Morgan fingerprint density at radius 2 is 1.57 bits per heavy atom. The van der Waals surface area contributed by atoms with Crippen LogP contribution in [0.1, 0.15) is 0 Å². The molecule has 0 spiro atoms. The second-order valence-electron chi connectivity index (χ2n) is 2.63. The molecular formula is C6H19BN4O3. The number of nitrogens with two attached hydrogens (primary N) is 1. The van der Waals surface area contributed by atoms with E-state index in [1.54, 1.807) is 0 Å². The monoisotopic (exact) mass is 206 g/mol. The molecule has 0 aliphatic heterocycles. The van der Waals surface area contributed by atoms with Gasteiger partial charge in [0.25, 0.3) is 0 Å². The van der Waals surface area contributed by atoms with E-state index >= 15 is 0 Å². The lowest BCUT2D eigenvalue weighted by atomic mass is 10.3. The van der Waals surface area contributed by atoms with Crippen LogP contribution in [0.15, 0.2) is 0 Å². The SMILES string of the molecule is NCCNCCNCCNOB(O)O. The molecule has 7 nitrogen and oxygen atoms in total. The maximum atomic E-state index is 8.28. The predicted molar refractivity (Wildman–Crippen MR) is 54.1 cm³/mol. The summed E-state index contributed by atoms with van der Waals surface area (Å²) in [5.41, 5.74) is 7.66. The van der Waals surface area contributed by atoms with Gasteiger partial charge in [0.05, 0.1) is 0 Å². The summed E-state index contributed by atoms with van der Waals surface area (Å²) in [7, 11) is -1.76. The Bertz CT molecular complexity index is 119. The molecule has 14 heavy (non-hydrogen) atoms. The van der Waals surface area contributed by atoms with Crippen LogP contribution >= 0.6 is 0 Å². The van der Waals surface area contributed by atoms with Crippen LogP contribution in [0.25, 0.3) is 0 Å². The van der Waals surface area contributed by atoms with Crippen molar-refractivity contribution in [2.24, 2.45) is 5.73 Å². The molecule has 0 aliphatic rings. The van der Waals surface area contributed by atoms with Crippen molar-refractivity contribution in [1.82, 2.24) is 16.1 Å². The fourth-order valence-electron chi connectivity index (χ4n) is 0.802. The van der Waals surface area contributed by atoms with E-state index < -0.39 is 7.32 Å². The van der Waals surface area contributed by atoms with E-state index in [-0.39, 0.29) is 0 Å². The highest BCUT2D eigenvalue weighted by molar-refractivity contribution is 6.32. The van der Waals surface area contributed by atoms with Crippen LogP contribution < -0.4 is 21.8 Å². The van der Waals surface area contributed by atoms with Crippen LogP contribution in [-0.4, -0.2) is 56.6 Å². The van der Waals surface area contributed by atoms with Crippen LogP contribution in [-0.2, 0) is 4.76 Å². The molecule has 0 heterocycles. The van der Waals surface area contributed by atoms with Crippen molar-refractivity contribution in [1.29, 1.82) is 0 Å². The van der Waals surface area contributed by atoms with Gasteiger partial charge < -0.3 is 31.2 Å². The van der Waals surface area contributed by atoms with Gasteiger partial charge >= 0.3 is 7.32 Å². The second kappa shape index (κ2) is 10.9. The van der Waals surface area contributed by atoms with E-state index in [0.29, 0.717) is 19.6 Å². The largest absolute Gasteiger partial charge is 0.651 e. The topological polar surface area (TPSA) is 112 Å². The Kier molecular flexibility index (Phi) is 10.7. The Balaban J connectivity index is 2.85. The number of hydrogen-bond acceptors (Lipinski definition) is 7. The van der Waals surface area contributed by atoms with Crippen molar-refractivity contribution in [3.8, 4) is 0 Å². The van der Waals surface area contributed by atoms with E-state index in [1.807, 2.05) is 0 Å². The van der Waals surface area contributed by atoms with Gasteiger partial charge in [-0.2, -0.15) is 0 Å².